The van der Waals surface area contributed by atoms with E-state index in [1.165, 1.54) is 0 Å². The maximum atomic E-state index is 9.85. The van der Waals surface area contributed by atoms with Crippen molar-refractivity contribution in [2.24, 2.45) is 11.7 Å². The third kappa shape index (κ3) is 3.49. The Morgan fingerprint density at radius 3 is 2.20 bits per heavy atom. The van der Waals surface area contributed by atoms with Gasteiger partial charge in [0, 0.05) is 0 Å². The van der Waals surface area contributed by atoms with Crippen LogP contribution in [-0.4, -0.2) is 11.2 Å². The molecule has 2 atom stereocenters. The minimum Gasteiger partial charge on any atom is -0.391 e. The molecular weight excluding hydrogens is 210 g/mol. The molecule has 0 saturated heterocycles. The highest BCUT2D eigenvalue weighted by atomic mass is 35.5. The first-order valence-electron chi connectivity index (χ1n) is 5.03. The highest BCUT2D eigenvalue weighted by Gasteiger charge is 2.20. The zero-order valence-electron chi connectivity index (χ0n) is 9.47. The zero-order chi connectivity index (χ0) is 10.7. The Labute approximate surface area is 97.9 Å². The van der Waals surface area contributed by atoms with Crippen LogP contribution >= 0.6 is 12.4 Å². The molecule has 0 unspecified atom stereocenters. The predicted octanol–water partition coefficient (Wildman–Crippen LogP) is 2.43. The maximum Gasteiger partial charge on any atom is 0.0755 e. The summed E-state index contributed by atoms with van der Waals surface area (Å²) >= 11 is 0. The summed E-state index contributed by atoms with van der Waals surface area (Å²) in [6.45, 7) is 5.97. The van der Waals surface area contributed by atoms with Gasteiger partial charge >= 0.3 is 0 Å². The van der Waals surface area contributed by atoms with Crippen LogP contribution in [0, 0.1) is 12.8 Å². The van der Waals surface area contributed by atoms with Crippen LogP contribution in [0.15, 0.2) is 24.3 Å². The first-order valence-corrected chi connectivity index (χ1v) is 5.03. The molecule has 86 valence electrons. The smallest absolute Gasteiger partial charge is 0.0755 e. The molecule has 0 heterocycles. The number of aryl methyl sites for hydroxylation is 1. The second kappa shape index (κ2) is 6.11. The molecule has 0 saturated carbocycles. The van der Waals surface area contributed by atoms with Gasteiger partial charge in [-0.1, -0.05) is 38.1 Å². The monoisotopic (exact) mass is 229 g/mol. The van der Waals surface area contributed by atoms with Gasteiger partial charge in [-0.2, -0.15) is 0 Å². The molecule has 1 rings (SSSR count). The van der Waals surface area contributed by atoms with Crippen molar-refractivity contribution in [2.45, 2.75) is 32.9 Å². The molecule has 0 aliphatic rings. The third-order valence-corrected chi connectivity index (χ3v) is 2.60. The van der Waals surface area contributed by atoms with E-state index in [2.05, 4.69) is 0 Å². The average Bonchev–Trinajstić information content (AvgIpc) is 2.16. The van der Waals surface area contributed by atoms with Gasteiger partial charge in [-0.15, -0.1) is 12.4 Å². The lowest BCUT2D eigenvalue weighted by Gasteiger charge is -2.23. The minimum atomic E-state index is -0.476. The van der Waals surface area contributed by atoms with Crippen LogP contribution in [0.4, 0.5) is 0 Å². The standard InChI is InChI=1S/C12H19NO.ClH/c1-8(2)12(14)11(13)10-7-5-4-6-9(10)3;/h4-8,11-12,14H,13H2,1-3H3;1H/t11-,12+;/m1./s1. The molecule has 0 amide bonds. The van der Waals surface area contributed by atoms with Crippen LogP contribution in [0.3, 0.4) is 0 Å². The number of aliphatic hydroxyl groups excluding tert-OH is 1. The summed E-state index contributed by atoms with van der Waals surface area (Å²) in [4.78, 5) is 0. The van der Waals surface area contributed by atoms with Crippen LogP contribution in [-0.2, 0) is 0 Å². The molecule has 1 aromatic rings. The quantitative estimate of drug-likeness (QED) is 0.837. The number of aliphatic hydroxyl groups is 1. The Morgan fingerprint density at radius 1 is 1.20 bits per heavy atom. The maximum absolute atomic E-state index is 9.85. The molecule has 0 aliphatic carbocycles. The molecule has 2 nitrogen and oxygen atoms in total. The van der Waals surface area contributed by atoms with Crippen molar-refractivity contribution in [2.75, 3.05) is 0 Å². The van der Waals surface area contributed by atoms with Gasteiger partial charge in [0.15, 0.2) is 0 Å². The number of nitrogens with two attached hydrogens (primary N) is 1. The molecule has 0 spiro atoms. The van der Waals surface area contributed by atoms with Crippen LogP contribution in [0.1, 0.15) is 31.0 Å². The number of benzene rings is 1. The average molecular weight is 230 g/mol. The fourth-order valence-electron chi connectivity index (χ4n) is 1.56. The molecule has 0 bridgehead atoms. The van der Waals surface area contributed by atoms with Gasteiger partial charge in [0.1, 0.15) is 0 Å². The summed E-state index contributed by atoms with van der Waals surface area (Å²) in [5, 5.41) is 9.85. The number of hydrogen-bond donors (Lipinski definition) is 2. The van der Waals surface area contributed by atoms with E-state index in [-0.39, 0.29) is 24.4 Å². The topological polar surface area (TPSA) is 46.2 Å². The predicted molar refractivity (Wildman–Crippen MR) is 66.2 cm³/mol. The second-order valence-electron chi connectivity index (χ2n) is 4.12. The van der Waals surface area contributed by atoms with E-state index in [0.29, 0.717) is 0 Å². The molecular formula is C12H20ClNO. The van der Waals surface area contributed by atoms with Gasteiger partial charge in [0.2, 0.25) is 0 Å². The van der Waals surface area contributed by atoms with Crippen molar-refractivity contribution in [3.8, 4) is 0 Å². The summed E-state index contributed by atoms with van der Waals surface area (Å²) in [7, 11) is 0. The lowest BCUT2D eigenvalue weighted by Crippen LogP contribution is -2.30. The third-order valence-electron chi connectivity index (χ3n) is 2.60. The van der Waals surface area contributed by atoms with Crippen molar-refractivity contribution in [1.82, 2.24) is 0 Å². The number of halogens is 1. The van der Waals surface area contributed by atoms with Crippen LogP contribution in [0.25, 0.3) is 0 Å². The number of rotatable bonds is 3. The van der Waals surface area contributed by atoms with Gasteiger partial charge in [0.05, 0.1) is 12.1 Å². The molecule has 3 N–H and O–H groups in total. The first kappa shape index (κ1) is 14.4. The highest BCUT2D eigenvalue weighted by Crippen LogP contribution is 2.22. The Balaban J connectivity index is 0.00000196. The largest absolute Gasteiger partial charge is 0.391 e. The zero-order valence-corrected chi connectivity index (χ0v) is 10.3. The van der Waals surface area contributed by atoms with E-state index in [1.807, 2.05) is 45.0 Å². The Kier molecular flexibility index (Phi) is 5.88. The van der Waals surface area contributed by atoms with Gasteiger partial charge in [-0.05, 0) is 24.0 Å². The fraction of sp³-hybridized carbons (Fsp3) is 0.500. The summed E-state index contributed by atoms with van der Waals surface area (Å²) < 4.78 is 0. The fourth-order valence-corrected chi connectivity index (χ4v) is 1.56. The second-order valence-corrected chi connectivity index (χ2v) is 4.12. The lowest BCUT2D eigenvalue weighted by atomic mass is 9.92. The molecule has 15 heavy (non-hydrogen) atoms. The van der Waals surface area contributed by atoms with Crippen molar-refractivity contribution in [3.63, 3.8) is 0 Å². The first-order chi connectivity index (χ1) is 6.54. The van der Waals surface area contributed by atoms with E-state index in [1.54, 1.807) is 0 Å². The normalized spacial score (nSPS) is 14.5. The van der Waals surface area contributed by atoms with E-state index in [0.717, 1.165) is 11.1 Å². The molecule has 0 fully saturated rings. The Bertz CT molecular complexity index is 301. The molecule has 3 heteroatoms. The Hall–Kier alpha value is -0.570. The summed E-state index contributed by atoms with van der Waals surface area (Å²) in [5.41, 5.74) is 8.16. The van der Waals surface area contributed by atoms with Gasteiger partial charge < -0.3 is 10.8 Å². The summed E-state index contributed by atoms with van der Waals surface area (Å²) in [6.07, 6.45) is -0.476. The molecule has 1 aromatic carbocycles. The van der Waals surface area contributed by atoms with E-state index in [9.17, 15) is 5.11 Å². The van der Waals surface area contributed by atoms with Crippen LogP contribution in [0.5, 0.6) is 0 Å². The van der Waals surface area contributed by atoms with Gasteiger partial charge in [-0.3, -0.25) is 0 Å². The highest BCUT2D eigenvalue weighted by molar-refractivity contribution is 5.85. The SMILES string of the molecule is Cc1ccccc1[C@@H](N)[C@@H](O)C(C)C.Cl. The van der Waals surface area contributed by atoms with Crippen molar-refractivity contribution < 1.29 is 5.11 Å². The molecule has 0 radical (unpaired) electrons. The summed E-state index contributed by atoms with van der Waals surface area (Å²) in [6, 6.07) is 7.65. The van der Waals surface area contributed by atoms with Crippen LogP contribution < -0.4 is 5.73 Å². The summed E-state index contributed by atoms with van der Waals surface area (Å²) in [5.74, 6) is 0.185. The van der Waals surface area contributed by atoms with E-state index < -0.39 is 6.10 Å². The molecule has 0 aliphatic heterocycles. The Morgan fingerprint density at radius 2 is 1.73 bits per heavy atom. The molecule has 0 aromatic heterocycles. The van der Waals surface area contributed by atoms with E-state index >= 15 is 0 Å². The minimum absolute atomic E-state index is 0. The van der Waals surface area contributed by atoms with Gasteiger partial charge in [-0.25, -0.2) is 0 Å². The lowest BCUT2D eigenvalue weighted by molar-refractivity contribution is 0.0977. The van der Waals surface area contributed by atoms with Crippen molar-refractivity contribution >= 4 is 12.4 Å². The van der Waals surface area contributed by atoms with Crippen LogP contribution in [0.2, 0.25) is 0 Å². The van der Waals surface area contributed by atoms with Crippen molar-refractivity contribution in [3.05, 3.63) is 35.4 Å². The number of hydrogen-bond acceptors (Lipinski definition) is 2. The van der Waals surface area contributed by atoms with Gasteiger partial charge in [0.25, 0.3) is 0 Å². The van der Waals surface area contributed by atoms with Crippen molar-refractivity contribution in [1.29, 1.82) is 0 Å². The van der Waals surface area contributed by atoms with E-state index in [4.69, 9.17) is 5.73 Å².